The van der Waals surface area contributed by atoms with Gasteiger partial charge in [-0.05, 0) is 68.4 Å². The van der Waals surface area contributed by atoms with Gasteiger partial charge in [0.25, 0.3) is 6.71 Å². The van der Waals surface area contributed by atoms with Crippen LogP contribution in [0.3, 0.4) is 0 Å². The van der Waals surface area contributed by atoms with Gasteiger partial charge in [-0.15, -0.1) is 0 Å². The van der Waals surface area contributed by atoms with Crippen molar-refractivity contribution in [1.29, 1.82) is 0 Å². The Balaban J connectivity index is 1.12. The van der Waals surface area contributed by atoms with Crippen LogP contribution in [-0.2, 0) is 5.41 Å². The molecule has 2 aromatic heterocycles. The molecular weight excluding hydrogens is 912 g/mol. The third-order valence-corrected chi connectivity index (χ3v) is 14.9. The van der Waals surface area contributed by atoms with Crippen LogP contribution in [0.4, 0.5) is 0 Å². The van der Waals surface area contributed by atoms with Gasteiger partial charge in [0, 0.05) is 37.6 Å². The lowest BCUT2D eigenvalue weighted by Gasteiger charge is -2.36. The predicted octanol–water partition coefficient (Wildman–Crippen LogP) is 13.8. The van der Waals surface area contributed by atoms with Crippen LogP contribution in [0.25, 0.3) is 90.6 Å². The Labute approximate surface area is 429 Å². The van der Waals surface area contributed by atoms with Crippen molar-refractivity contribution in [2.45, 2.75) is 36.0 Å². The summed E-state index contributed by atoms with van der Waals surface area (Å²) in [6.45, 7) is 6.49. The fraction of sp³-hybridized carbons (Fsp3) is 0.0625. The highest BCUT2D eigenvalue weighted by atomic mass is 32.2. The van der Waals surface area contributed by atoms with E-state index in [-0.39, 0.29) is 12.1 Å². The Morgan fingerprint density at radius 3 is 1.16 bits per heavy atom. The molecule has 0 atom stereocenters. The standard InChI is InChI=1S/C64H45BN6OS/c1-64(2,3)48-38-53-55-54(39-48)73-57-50(63-70-60(44-30-18-8-19-31-44)67-61(71-63)45-32-20-9-21-33-45)35-47(41-24-12-5-13-25-41)37-52(57)65(55)51-36-46(40-22-10-4-11-23-40)34-49(56(51)72-53)62-68-58(42-26-14-6-15-27-42)66-59(69-62)43-28-16-7-17-29-43/h4-39H,1-3H3. The van der Waals surface area contributed by atoms with E-state index < -0.39 is 0 Å². The van der Waals surface area contributed by atoms with E-state index in [1.807, 2.05) is 97.1 Å². The summed E-state index contributed by atoms with van der Waals surface area (Å²) in [6.07, 6.45) is 0. The second kappa shape index (κ2) is 18.1. The van der Waals surface area contributed by atoms with Gasteiger partial charge in [-0.25, -0.2) is 29.9 Å². The van der Waals surface area contributed by atoms with Crippen molar-refractivity contribution in [2.75, 3.05) is 0 Å². The summed E-state index contributed by atoms with van der Waals surface area (Å²) in [5.74, 6) is 5.02. The van der Waals surface area contributed by atoms with Gasteiger partial charge in [0.05, 0.1) is 5.56 Å². The SMILES string of the molecule is CC(C)(C)c1cc2c3c(c1)Sc1c(cc(-c4ccccc4)cc1-c1nc(-c4ccccc4)nc(-c4ccccc4)n1)B3c1cc(-c3ccccc3)cc(-c3nc(-c4ccccc4)nc(-c4ccccc4)n3)c1O2. The third kappa shape index (κ3) is 8.27. The number of ether oxygens (including phenoxy) is 1. The van der Waals surface area contributed by atoms with Gasteiger partial charge >= 0.3 is 0 Å². The summed E-state index contributed by atoms with van der Waals surface area (Å²) < 4.78 is 7.46. The van der Waals surface area contributed by atoms with Crippen molar-refractivity contribution >= 4 is 34.9 Å². The number of aromatic nitrogens is 6. The molecule has 11 aromatic rings. The first-order chi connectivity index (χ1) is 35.8. The molecule has 9 aromatic carbocycles. The maximum atomic E-state index is 7.46. The van der Waals surface area contributed by atoms with E-state index in [4.69, 9.17) is 34.6 Å². The van der Waals surface area contributed by atoms with Crippen molar-refractivity contribution in [2.24, 2.45) is 0 Å². The Morgan fingerprint density at radius 1 is 0.370 bits per heavy atom. The fourth-order valence-corrected chi connectivity index (χ4v) is 11.2. The van der Waals surface area contributed by atoms with E-state index in [2.05, 4.69) is 142 Å². The van der Waals surface area contributed by atoms with Gasteiger partial charge in [-0.2, -0.15) is 0 Å². The van der Waals surface area contributed by atoms with Crippen LogP contribution >= 0.6 is 11.8 Å². The zero-order valence-corrected chi connectivity index (χ0v) is 41.2. The Morgan fingerprint density at radius 2 is 0.740 bits per heavy atom. The van der Waals surface area contributed by atoms with Crippen LogP contribution in [-0.4, -0.2) is 36.6 Å². The molecule has 9 heteroatoms. The van der Waals surface area contributed by atoms with Crippen LogP contribution in [0, 0.1) is 0 Å². The smallest absolute Gasteiger partial charge is 0.253 e. The first-order valence-corrected chi connectivity index (χ1v) is 25.4. The molecule has 0 N–H and O–H groups in total. The Bertz CT molecular complexity index is 3520. The summed E-state index contributed by atoms with van der Waals surface area (Å²) in [4.78, 5) is 33.8. The molecule has 0 unspecified atom stereocenters. The summed E-state index contributed by atoms with van der Waals surface area (Å²) >= 11 is 1.77. The van der Waals surface area contributed by atoms with Crippen LogP contribution in [0.1, 0.15) is 26.3 Å². The maximum absolute atomic E-state index is 7.46. The van der Waals surface area contributed by atoms with E-state index in [0.29, 0.717) is 40.7 Å². The molecule has 4 heterocycles. The molecular formula is C64H45BN6OS. The first kappa shape index (κ1) is 44.2. The molecule has 0 aliphatic carbocycles. The van der Waals surface area contributed by atoms with E-state index in [1.54, 1.807) is 11.8 Å². The van der Waals surface area contributed by atoms with Crippen LogP contribution in [0.15, 0.2) is 228 Å². The normalized spacial score (nSPS) is 12.3. The summed E-state index contributed by atoms with van der Waals surface area (Å²) in [6, 6.07) is 75.6. The molecule has 0 spiro atoms. The van der Waals surface area contributed by atoms with E-state index >= 15 is 0 Å². The van der Waals surface area contributed by atoms with Gasteiger partial charge < -0.3 is 4.74 Å². The molecule has 0 radical (unpaired) electrons. The molecule has 346 valence electrons. The zero-order valence-electron chi connectivity index (χ0n) is 40.4. The minimum atomic E-state index is -0.281. The van der Waals surface area contributed by atoms with Crippen molar-refractivity contribution in [3.63, 3.8) is 0 Å². The molecule has 7 nitrogen and oxygen atoms in total. The second-order valence-corrected chi connectivity index (χ2v) is 20.5. The number of benzene rings is 9. The Hall–Kier alpha value is -8.79. The molecule has 0 saturated heterocycles. The molecule has 0 bridgehead atoms. The van der Waals surface area contributed by atoms with Gasteiger partial charge in [0.1, 0.15) is 11.5 Å². The number of hydrogen-bond acceptors (Lipinski definition) is 8. The minimum absolute atomic E-state index is 0.196. The number of rotatable bonds is 8. The largest absolute Gasteiger partial charge is 0.458 e. The van der Waals surface area contributed by atoms with Gasteiger partial charge in [0.15, 0.2) is 34.9 Å². The average molecular weight is 957 g/mol. The first-order valence-electron chi connectivity index (χ1n) is 24.5. The van der Waals surface area contributed by atoms with Crippen LogP contribution < -0.4 is 21.1 Å². The van der Waals surface area contributed by atoms with Crippen LogP contribution in [0.2, 0.25) is 0 Å². The second-order valence-electron chi connectivity index (χ2n) is 19.5. The van der Waals surface area contributed by atoms with Crippen molar-refractivity contribution in [3.05, 3.63) is 224 Å². The molecule has 2 aliphatic heterocycles. The molecule has 2 aliphatic rings. The van der Waals surface area contributed by atoms with Gasteiger partial charge in [0.2, 0.25) is 0 Å². The topological polar surface area (TPSA) is 86.6 Å². The summed E-state index contributed by atoms with van der Waals surface area (Å²) in [7, 11) is 0. The molecule has 13 rings (SSSR count). The molecule has 0 fully saturated rings. The zero-order chi connectivity index (χ0) is 49.0. The lowest BCUT2D eigenvalue weighted by molar-refractivity contribution is 0.483. The van der Waals surface area contributed by atoms with E-state index in [1.165, 1.54) is 5.56 Å². The molecule has 0 amide bonds. The lowest BCUT2D eigenvalue weighted by atomic mass is 9.35. The number of nitrogens with zero attached hydrogens (tertiary/aromatic N) is 6. The van der Waals surface area contributed by atoms with E-state index in [0.717, 1.165) is 87.6 Å². The lowest BCUT2D eigenvalue weighted by Crippen LogP contribution is -2.58. The number of hydrogen-bond donors (Lipinski definition) is 0. The highest BCUT2D eigenvalue weighted by Gasteiger charge is 2.43. The fourth-order valence-electron chi connectivity index (χ4n) is 9.93. The highest BCUT2D eigenvalue weighted by Crippen LogP contribution is 2.47. The Kier molecular flexibility index (Phi) is 11.0. The van der Waals surface area contributed by atoms with Crippen LogP contribution in [0.5, 0.6) is 11.5 Å². The van der Waals surface area contributed by atoms with Gasteiger partial charge in [-0.1, -0.05) is 232 Å². The molecule has 73 heavy (non-hydrogen) atoms. The summed E-state index contributed by atoms with van der Waals surface area (Å²) in [5, 5.41) is 0. The van der Waals surface area contributed by atoms with Crippen molar-refractivity contribution < 1.29 is 4.74 Å². The average Bonchev–Trinajstić information content (AvgIpc) is 3.45. The highest BCUT2D eigenvalue weighted by molar-refractivity contribution is 8.00. The van der Waals surface area contributed by atoms with Crippen molar-refractivity contribution in [3.8, 4) is 102 Å². The van der Waals surface area contributed by atoms with Gasteiger partial charge in [-0.3, -0.25) is 0 Å². The molecule has 0 saturated carbocycles. The predicted molar refractivity (Wildman–Crippen MR) is 297 cm³/mol. The third-order valence-electron chi connectivity index (χ3n) is 13.6. The minimum Gasteiger partial charge on any atom is -0.458 e. The van der Waals surface area contributed by atoms with Crippen molar-refractivity contribution in [1.82, 2.24) is 29.9 Å². The maximum Gasteiger partial charge on any atom is 0.253 e. The number of fused-ring (bicyclic) bond motifs is 4. The monoisotopic (exact) mass is 956 g/mol. The summed E-state index contributed by atoms with van der Waals surface area (Å²) in [5.41, 5.74) is 13.8. The quantitative estimate of drug-likeness (QED) is 0.139. The van der Waals surface area contributed by atoms with E-state index in [9.17, 15) is 0 Å².